The lowest BCUT2D eigenvalue weighted by Crippen LogP contribution is -2.47. The van der Waals surface area contributed by atoms with E-state index < -0.39 is 5.97 Å². The van der Waals surface area contributed by atoms with Gasteiger partial charge in [-0.25, -0.2) is 4.79 Å². The normalized spacial score (nSPS) is 25.4. The van der Waals surface area contributed by atoms with Crippen molar-refractivity contribution in [2.45, 2.75) is 91.2 Å². The number of likely N-dealkylation sites (N-methyl/N-ethyl adjacent to an activating group) is 1. The van der Waals surface area contributed by atoms with Gasteiger partial charge in [0.1, 0.15) is 11.0 Å². The predicted octanol–water partition coefficient (Wildman–Crippen LogP) is 6.66. The maximum Gasteiger partial charge on any atom is 0.348 e. The number of carboxylic acid groups (broad SMARTS) is 1. The van der Waals surface area contributed by atoms with E-state index in [2.05, 4.69) is 30.4 Å². The molecule has 0 unspecified atom stereocenters. The molecule has 2 fully saturated rings. The molecular formula is C31H41N3O4S. The third kappa shape index (κ3) is 7.33. The van der Waals surface area contributed by atoms with Gasteiger partial charge in [0.25, 0.3) is 0 Å². The van der Waals surface area contributed by atoms with Crippen LogP contribution < -0.4 is 4.90 Å². The summed E-state index contributed by atoms with van der Waals surface area (Å²) in [4.78, 5) is 29.2. The number of anilines is 1. The summed E-state index contributed by atoms with van der Waals surface area (Å²) in [7, 11) is 1.84. The van der Waals surface area contributed by atoms with E-state index in [9.17, 15) is 14.7 Å². The van der Waals surface area contributed by atoms with E-state index in [1.807, 2.05) is 50.9 Å². The van der Waals surface area contributed by atoms with Crippen molar-refractivity contribution >= 4 is 34.8 Å². The Hall–Kier alpha value is -3.05. The molecule has 1 N–H and O–H groups in total. The number of carbonyl (C=O) groups is 2. The summed E-state index contributed by atoms with van der Waals surface area (Å²) in [5.74, 6) is 6.51. The molecular weight excluding hydrogens is 510 g/mol. The maximum absolute atomic E-state index is 14.1. The van der Waals surface area contributed by atoms with Gasteiger partial charge in [0, 0.05) is 30.5 Å². The zero-order valence-corrected chi connectivity index (χ0v) is 24.6. The van der Waals surface area contributed by atoms with Crippen LogP contribution in [0.2, 0.25) is 0 Å². The molecule has 2 heterocycles. The number of carboxylic acids is 1. The zero-order valence-electron chi connectivity index (χ0n) is 23.8. The number of hydrazone groups is 1. The second-order valence-electron chi connectivity index (χ2n) is 12.1. The molecule has 0 spiro atoms. The standard InChI is InChI=1S/C31H41N3O4S/c1-20-7-10-22(11-8-20)29(35)34(26-19-25(17-18-31(3,4)5)39-28(26)30(36)37)23-12-14-24(15-13-23)38-27-16-9-21(2)33(6)32-27/h9,16,19-20,22-24H,2,7-8,10-15H2,1,3-6H3,(H,36,37)/t20-,22-,23-,24-. The van der Waals surface area contributed by atoms with Gasteiger partial charge in [-0.15, -0.1) is 16.4 Å². The van der Waals surface area contributed by atoms with Crippen molar-refractivity contribution in [1.82, 2.24) is 5.01 Å². The Labute approximate surface area is 236 Å². The number of nitrogens with zero attached hydrogens (tertiary/aromatic N) is 3. The number of allylic oxidation sites excluding steroid dienone is 1. The molecule has 3 aliphatic rings. The fourth-order valence-corrected chi connectivity index (χ4v) is 6.24. The van der Waals surface area contributed by atoms with E-state index >= 15 is 0 Å². The molecule has 7 nitrogen and oxygen atoms in total. The minimum Gasteiger partial charge on any atom is -0.477 e. The van der Waals surface area contributed by atoms with Crippen LogP contribution in [0, 0.1) is 29.1 Å². The molecule has 1 aromatic rings. The average Bonchev–Trinajstić information content (AvgIpc) is 3.30. The smallest absolute Gasteiger partial charge is 0.348 e. The number of aromatic carboxylic acids is 1. The van der Waals surface area contributed by atoms with Crippen molar-refractivity contribution in [2.75, 3.05) is 11.9 Å². The molecule has 1 aromatic heterocycles. The van der Waals surface area contributed by atoms with Crippen LogP contribution in [0.5, 0.6) is 0 Å². The Kier molecular flexibility index (Phi) is 8.90. The van der Waals surface area contributed by atoms with E-state index in [1.165, 1.54) is 0 Å². The Morgan fingerprint density at radius 2 is 1.79 bits per heavy atom. The predicted molar refractivity (Wildman–Crippen MR) is 157 cm³/mol. The van der Waals surface area contributed by atoms with Crippen molar-refractivity contribution in [3.63, 3.8) is 0 Å². The van der Waals surface area contributed by atoms with E-state index in [1.54, 1.807) is 5.01 Å². The lowest BCUT2D eigenvalue weighted by molar-refractivity contribution is -0.124. The van der Waals surface area contributed by atoms with Crippen LogP contribution in [-0.2, 0) is 9.53 Å². The summed E-state index contributed by atoms with van der Waals surface area (Å²) in [6.45, 7) is 12.2. The molecule has 210 valence electrons. The van der Waals surface area contributed by atoms with Gasteiger partial charge in [0.15, 0.2) is 0 Å². The quantitative estimate of drug-likeness (QED) is 0.414. The first kappa shape index (κ1) is 28.9. The Morgan fingerprint density at radius 3 is 2.38 bits per heavy atom. The van der Waals surface area contributed by atoms with Crippen LogP contribution in [0.25, 0.3) is 0 Å². The molecule has 8 heteroatoms. The fraction of sp³-hybridized carbons (Fsp3) is 0.581. The molecule has 0 bridgehead atoms. The topological polar surface area (TPSA) is 82.4 Å². The number of ether oxygens (including phenoxy) is 1. The second-order valence-corrected chi connectivity index (χ2v) is 13.2. The number of rotatable bonds is 5. The summed E-state index contributed by atoms with van der Waals surface area (Å²) >= 11 is 1.16. The van der Waals surface area contributed by atoms with Gasteiger partial charge in [0.05, 0.1) is 16.3 Å². The van der Waals surface area contributed by atoms with Crippen molar-refractivity contribution < 1.29 is 19.4 Å². The highest BCUT2D eigenvalue weighted by Gasteiger charge is 2.38. The molecule has 0 aromatic carbocycles. The molecule has 0 saturated heterocycles. The first-order valence-electron chi connectivity index (χ1n) is 14.0. The number of thiophene rings is 1. The van der Waals surface area contributed by atoms with Gasteiger partial charge in [0.2, 0.25) is 11.8 Å². The highest BCUT2D eigenvalue weighted by atomic mass is 32.1. The Morgan fingerprint density at radius 1 is 1.13 bits per heavy atom. The van der Waals surface area contributed by atoms with Gasteiger partial charge >= 0.3 is 5.97 Å². The van der Waals surface area contributed by atoms with E-state index in [-0.39, 0.29) is 34.3 Å². The van der Waals surface area contributed by atoms with Crippen molar-refractivity contribution in [2.24, 2.45) is 22.4 Å². The van der Waals surface area contributed by atoms with Crippen LogP contribution >= 0.6 is 11.3 Å². The SMILES string of the molecule is C=C1C=CC(O[C@H]2CC[C@H](N(c3cc(C#CC(C)(C)C)sc3C(=O)O)C(=O)[C@H]3CC[C@H](C)CC3)CC2)=NN1C. The molecule has 2 saturated carbocycles. The Bertz CT molecular complexity index is 1210. The van der Waals surface area contributed by atoms with Crippen LogP contribution in [0.1, 0.15) is 93.6 Å². The van der Waals surface area contributed by atoms with Gasteiger partial charge < -0.3 is 14.7 Å². The van der Waals surface area contributed by atoms with Gasteiger partial charge in [-0.1, -0.05) is 25.3 Å². The van der Waals surface area contributed by atoms with Gasteiger partial charge in [-0.2, -0.15) is 0 Å². The Balaban J connectivity index is 1.58. The zero-order chi connectivity index (χ0) is 28.3. The number of hydrogen-bond acceptors (Lipinski definition) is 6. The molecule has 1 aliphatic heterocycles. The molecule has 39 heavy (non-hydrogen) atoms. The van der Waals surface area contributed by atoms with Crippen molar-refractivity contribution in [3.05, 3.63) is 40.2 Å². The maximum atomic E-state index is 14.1. The highest BCUT2D eigenvalue weighted by molar-refractivity contribution is 7.15. The first-order chi connectivity index (χ1) is 18.4. The monoisotopic (exact) mass is 551 g/mol. The minimum atomic E-state index is -1.02. The summed E-state index contributed by atoms with van der Waals surface area (Å²) in [5, 5.41) is 16.2. The summed E-state index contributed by atoms with van der Waals surface area (Å²) in [5.41, 5.74) is 1.09. The van der Waals surface area contributed by atoms with E-state index in [4.69, 9.17) is 4.74 Å². The minimum absolute atomic E-state index is 0.00784. The third-order valence-electron chi connectivity index (χ3n) is 7.71. The van der Waals surface area contributed by atoms with Gasteiger partial charge in [-0.3, -0.25) is 9.80 Å². The summed E-state index contributed by atoms with van der Waals surface area (Å²) in [6.07, 6.45) is 10.4. The average molecular weight is 552 g/mol. The van der Waals surface area contributed by atoms with Crippen LogP contribution in [-0.4, -0.2) is 47.1 Å². The molecule has 0 radical (unpaired) electrons. The number of carbonyl (C=O) groups excluding carboxylic acids is 1. The number of amides is 1. The molecule has 1 amide bonds. The van der Waals surface area contributed by atoms with E-state index in [0.717, 1.165) is 68.4 Å². The third-order valence-corrected chi connectivity index (χ3v) is 8.74. The first-order valence-corrected chi connectivity index (χ1v) is 14.8. The van der Waals surface area contributed by atoms with E-state index in [0.29, 0.717) is 22.4 Å². The largest absolute Gasteiger partial charge is 0.477 e. The van der Waals surface area contributed by atoms with Gasteiger partial charge in [-0.05, 0) is 90.2 Å². The highest BCUT2D eigenvalue weighted by Crippen LogP contribution is 2.39. The lowest BCUT2D eigenvalue weighted by atomic mass is 9.81. The summed E-state index contributed by atoms with van der Waals surface area (Å²) < 4.78 is 6.17. The molecule has 4 rings (SSSR count). The molecule has 2 aliphatic carbocycles. The van der Waals surface area contributed by atoms with Crippen LogP contribution in [0.4, 0.5) is 5.69 Å². The lowest BCUT2D eigenvalue weighted by Gasteiger charge is -2.39. The number of hydrogen-bond donors (Lipinski definition) is 1. The molecule has 0 atom stereocenters. The van der Waals surface area contributed by atoms with Crippen LogP contribution in [0.15, 0.2) is 35.6 Å². The van der Waals surface area contributed by atoms with Crippen molar-refractivity contribution in [3.8, 4) is 11.8 Å². The second kappa shape index (κ2) is 12.0. The fourth-order valence-electron chi connectivity index (χ4n) is 5.40. The summed E-state index contributed by atoms with van der Waals surface area (Å²) in [6, 6.07) is 1.74. The van der Waals surface area contributed by atoms with Crippen LogP contribution in [0.3, 0.4) is 0 Å². The van der Waals surface area contributed by atoms with Crippen molar-refractivity contribution in [1.29, 1.82) is 0 Å².